The Bertz CT molecular complexity index is 421. The fourth-order valence-corrected chi connectivity index (χ4v) is 1.79. The summed E-state index contributed by atoms with van der Waals surface area (Å²) in [4.78, 5) is 0. The number of ether oxygens (including phenoxy) is 1. The highest BCUT2D eigenvalue weighted by Gasteiger charge is 2.06. The van der Waals surface area contributed by atoms with E-state index in [2.05, 4.69) is 6.92 Å². The van der Waals surface area contributed by atoms with Crippen LogP contribution in [0.25, 0.3) is 0 Å². The number of benzene rings is 1. The molecule has 18 heavy (non-hydrogen) atoms. The molecule has 0 spiro atoms. The zero-order valence-electron chi connectivity index (χ0n) is 10.1. The van der Waals surface area contributed by atoms with Crippen LogP contribution in [0, 0.1) is 0 Å². The van der Waals surface area contributed by atoms with E-state index in [9.17, 15) is 0 Å². The van der Waals surface area contributed by atoms with Crippen molar-refractivity contribution in [3.63, 3.8) is 0 Å². The highest BCUT2D eigenvalue weighted by Crippen LogP contribution is 2.26. The molecular weight excluding hydrogens is 293 g/mol. The van der Waals surface area contributed by atoms with Crippen LogP contribution in [0.2, 0.25) is 5.02 Å². The van der Waals surface area contributed by atoms with Gasteiger partial charge in [-0.3, -0.25) is 0 Å². The fourth-order valence-electron chi connectivity index (χ4n) is 1.41. The number of rotatable bonds is 6. The fraction of sp³-hybridized carbons (Fsp3) is 0.385. The van der Waals surface area contributed by atoms with E-state index in [0.717, 1.165) is 18.4 Å². The minimum absolute atomic E-state index is 0.154. The van der Waals surface area contributed by atoms with E-state index in [0.29, 0.717) is 15.8 Å². The molecule has 0 amide bonds. The smallest absolute Gasteiger partial charge is 0.138 e. The molecule has 1 rings (SSSR count). The average Bonchev–Trinajstić information content (AvgIpc) is 2.37. The summed E-state index contributed by atoms with van der Waals surface area (Å²) in [6.45, 7) is 2.27. The maximum Gasteiger partial charge on any atom is 0.138 e. The number of hydrogen-bond acceptors (Lipinski definition) is 2. The van der Waals surface area contributed by atoms with Gasteiger partial charge in [-0.25, -0.2) is 0 Å². The predicted octanol–water partition coefficient (Wildman–Crippen LogP) is 4.32. The molecule has 5 heteroatoms. The van der Waals surface area contributed by atoms with Gasteiger partial charge in [0, 0.05) is 11.6 Å². The summed E-state index contributed by atoms with van der Waals surface area (Å²) in [5.74, 6) is 0.585. The van der Waals surface area contributed by atoms with Crippen molar-refractivity contribution in [2.45, 2.75) is 25.8 Å². The molecule has 1 aromatic carbocycles. The van der Waals surface area contributed by atoms with Gasteiger partial charge in [0.1, 0.15) is 12.4 Å². The Labute approximate surface area is 123 Å². The standard InChI is InChI=1S/C13H16Cl3NO/c1-2-11(17)5-9-3-4-13(12(16)6-9)18-8-10(15)7-14/h3-4,6-7,11H,2,5,8,17H2,1H3. The quantitative estimate of drug-likeness (QED) is 0.849. The zero-order chi connectivity index (χ0) is 13.5. The highest BCUT2D eigenvalue weighted by molar-refractivity contribution is 6.36. The van der Waals surface area contributed by atoms with Gasteiger partial charge in [0.15, 0.2) is 0 Å². The molecule has 2 N–H and O–H groups in total. The Morgan fingerprint density at radius 3 is 2.78 bits per heavy atom. The molecule has 1 atom stereocenters. The van der Waals surface area contributed by atoms with Crippen LogP contribution in [0.1, 0.15) is 18.9 Å². The maximum atomic E-state index is 6.12. The number of halogens is 3. The number of nitrogens with two attached hydrogens (primary N) is 1. The molecule has 0 aromatic heterocycles. The molecule has 0 bridgehead atoms. The number of hydrogen-bond donors (Lipinski definition) is 1. The lowest BCUT2D eigenvalue weighted by Crippen LogP contribution is -2.21. The summed E-state index contributed by atoms with van der Waals surface area (Å²) >= 11 is 17.3. The summed E-state index contributed by atoms with van der Waals surface area (Å²) < 4.78 is 5.43. The van der Waals surface area contributed by atoms with Gasteiger partial charge in [0.25, 0.3) is 0 Å². The first kappa shape index (κ1) is 15.6. The second kappa shape index (κ2) is 7.90. The van der Waals surface area contributed by atoms with Crippen LogP contribution in [0.4, 0.5) is 0 Å². The monoisotopic (exact) mass is 307 g/mol. The molecule has 0 saturated heterocycles. The van der Waals surface area contributed by atoms with E-state index in [-0.39, 0.29) is 12.6 Å². The first-order valence-electron chi connectivity index (χ1n) is 5.68. The van der Waals surface area contributed by atoms with Gasteiger partial charge >= 0.3 is 0 Å². The Balaban J connectivity index is 2.67. The third-order valence-corrected chi connectivity index (χ3v) is 3.39. The lowest BCUT2D eigenvalue weighted by molar-refractivity contribution is 0.359. The third-order valence-electron chi connectivity index (χ3n) is 2.50. The molecule has 2 nitrogen and oxygen atoms in total. The Kier molecular flexibility index (Phi) is 6.87. The molecule has 1 unspecified atom stereocenters. The van der Waals surface area contributed by atoms with E-state index in [1.54, 1.807) is 0 Å². The Morgan fingerprint density at radius 2 is 2.22 bits per heavy atom. The van der Waals surface area contributed by atoms with Crippen LogP contribution >= 0.6 is 34.8 Å². The molecule has 0 heterocycles. The molecule has 0 aliphatic rings. The summed E-state index contributed by atoms with van der Waals surface area (Å²) in [5, 5.41) is 0.972. The lowest BCUT2D eigenvalue weighted by atomic mass is 10.0. The van der Waals surface area contributed by atoms with Gasteiger partial charge in [-0.05, 0) is 30.5 Å². The van der Waals surface area contributed by atoms with Crippen molar-refractivity contribution in [1.82, 2.24) is 0 Å². The summed E-state index contributed by atoms with van der Waals surface area (Å²) in [5.41, 5.74) is 8.26. The second-order valence-electron chi connectivity index (χ2n) is 3.98. The minimum atomic E-state index is 0.154. The van der Waals surface area contributed by atoms with Crippen molar-refractivity contribution in [2.75, 3.05) is 6.61 Å². The van der Waals surface area contributed by atoms with Crippen LogP contribution in [-0.4, -0.2) is 12.6 Å². The zero-order valence-corrected chi connectivity index (χ0v) is 12.4. The minimum Gasteiger partial charge on any atom is -0.486 e. The van der Waals surface area contributed by atoms with Crippen LogP contribution in [0.5, 0.6) is 5.75 Å². The van der Waals surface area contributed by atoms with Gasteiger partial charge in [-0.15, -0.1) is 0 Å². The topological polar surface area (TPSA) is 35.2 Å². The van der Waals surface area contributed by atoms with Gasteiger partial charge < -0.3 is 10.5 Å². The first-order valence-corrected chi connectivity index (χ1v) is 6.87. The van der Waals surface area contributed by atoms with Crippen molar-refractivity contribution in [3.05, 3.63) is 39.4 Å². The van der Waals surface area contributed by atoms with Gasteiger partial charge in [0.2, 0.25) is 0 Å². The predicted molar refractivity (Wildman–Crippen MR) is 78.7 cm³/mol. The van der Waals surface area contributed by atoms with Crippen molar-refractivity contribution >= 4 is 34.8 Å². The van der Waals surface area contributed by atoms with Gasteiger partial charge in [0.05, 0.1) is 10.1 Å². The molecule has 0 aliphatic carbocycles. The molecule has 0 fully saturated rings. The maximum absolute atomic E-state index is 6.12. The molecule has 0 aliphatic heterocycles. The summed E-state index contributed by atoms with van der Waals surface area (Å²) in [7, 11) is 0. The van der Waals surface area contributed by atoms with Crippen LogP contribution in [-0.2, 0) is 6.42 Å². The summed E-state index contributed by atoms with van der Waals surface area (Å²) in [6.07, 6.45) is 1.74. The summed E-state index contributed by atoms with van der Waals surface area (Å²) in [6, 6.07) is 5.79. The Hall–Kier alpha value is -0.410. The Morgan fingerprint density at radius 1 is 1.50 bits per heavy atom. The van der Waals surface area contributed by atoms with E-state index in [4.69, 9.17) is 45.3 Å². The van der Waals surface area contributed by atoms with E-state index in [1.165, 1.54) is 5.54 Å². The van der Waals surface area contributed by atoms with Crippen molar-refractivity contribution in [3.8, 4) is 5.75 Å². The van der Waals surface area contributed by atoms with E-state index >= 15 is 0 Å². The second-order valence-corrected chi connectivity index (χ2v) is 5.09. The van der Waals surface area contributed by atoms with Gasteiger partial charge in [-0.1, -0.05) is 47.8 Å². The van der Waals surface area contributed by atoms with Gasteiger partial charge in [-0.2, -0.15) is 0 Å². The average molecular weight is 309 g/mol. The molecule has 0 radical (unpaired) electrons. The van der Waals surface area contributed by atoms with Crippen LogP contribution < -0.4 is 10.5 Å². The van der Waals surface area contributed by atoms with Crippen molar-refractivity contribution in [1.29, 1.82) is 0 Å². The van der Waals surface area contributed by atoms with Crippen molar-refractivity contribution < 1.29 is 4.74 Å². The van der Waals surface area contributed by atoms with Crippen molar-refractivity contribution in [2.24, 2.45) is 5.73 Å². The first-order chi connectivity index (χ1) is 8.56. The lowest BCUT2D eigenvalue weighted by Gasteiger charge is -2.11. The normalized spacial score (nSPS) is 13.5. The molecule has 0 saturated carbocycles. The van der Waals surface area contributed by atoms with Crippen LogP contribution in [0.15, 0.2) is 28.8 Å². The largest absolute Gasteiger partial charge is 0.486 e. The van der Waals surface area contributed by atoms with E-state index in [1.807, 2.05) is 18.2 Å². The van der Waals surface area contributed by atoms with E-state index < -0.39 is 0 Å². The third kappa shape index (κ3) is 5.07. The van der Waals surface area contributed by atoms with Crippen LogP contribution in [0.3, 0.4) is 0 Å². The molecular formula is C13H16Cl3NO. The highest BCUT2D eigenvalue weighted by atomic mass is 35.5. The molecule has 100 valence electrons. The molecule has 1 aromatic rings. The SMILES string of the molecule is CCC(N)Cc1ccc(OCC(Cl)=CCl)c(Cl)c1.